The lowest BCUT2D eigenvalue weighted by Crippen LogP contribution is -2.55. The lowest BCUT2D eigenvalue weighted by molar-refractivity contribution is -0.209. The molecule has 0 bridgehead atoms. The second-order valence-electron chi connectivity index (χ2n) is 6.61. The third kappa shape index (κ3) is 11.6. The molecule has 0 saturated carbocycles. The smallest absolute Gasteiger partial charge is 0.351 e. The standard InChI is InChI=1S/C19H28O12/c1-9(2)27-19(25)18(31-14(7)24)17(30-13(6)23)16(29-12(5)22)15(28-11(4)21)8-26-10(3)20/h9,15-18H,8H2,1-7H3/t15-,16+,17+,18-/m1/s1. The number of hydrogen-bond acceptors (Lipinski definition) is 12. The van der Waals surface area contributed by atoms with Crippen molar-refractivity contribution < 1.29 is 57.2 Å². The van der Waals surface area contributed by atoms with Crippen LogP contribution in [0.15, 0.2) is 0 Å². The van der Waals surface area contributed by atoms with Crippen molar-refractivity contribution >= 4 is 35.8 Å². The van der Waals surface area contributed by atoms with Crippen LogP contribution in [0.1, 0.15) is 48.5 Å². The highest BCUT2D eigenvalue weighted by atomic mass is 16.7. The second-order valence-corrected chi connectivity index (χ2v) is 6.61. The minimum Gasteiger partial charge on any atom is -0.462 e. The first-order valence-corrected chi connectivity index (χ1v) is 9.27. The van der Waals surface area contributed by atoms with Crippen LogP contribution in [0.5, 0.6) is 0 Å². The molecule has 0 aromatic carbocycles. The number of hydrogen-bond donors (Lipinski definition) is 0. The highest BCUT2D eigenvalue weighted by molar-refractivity contribution is 5.80. The fraction of sp³-hybridized carbons (Fsp3) is 0.684. The van der Waals surface area contributed by atoms with E-state index in [2.05, 4.69) is 0 Å². The highest BCUT2D eigenvalue weighted by Crippen LogP contribution is 2.21. The van der Waals surface area contributed by atoms with Crippen LogP contribution in [0.4, 0.5) is 0 Å². The number of carbonyl (C=O) groups excluding carboxylic acids is 6. The van der Waals surface area contributed by atoms with E-state index in [-0.39, 0.29) is 0 Å². The molecule has 0 spiro atoms. The predicted molar refractivity (Wildman–Crippen MR) is 100 cm³/mol. The van der Waals surface area contributed by atoms with Crippen molar-refractivity contribution in [1.29, 1.82) is 0 Å². The van der Waals surface area contributed by atoms with Crippen LogP contribution < -0.4 is 0 Å². The van der Waals surface area contributed by atoms with Crippen LogP contribution in [0, 0.1) is 0 Å². The Morgan fingerprint density at radius 1 is 0.581 bits per heavy atom. The second kappa shape index (κ2) is 13.2. The van der Waals surface area contributed by atoms with Gasteiger partial charge in [-0.05, 0) is 13.8 Å². The molecule has 0 rings (SSSR count). The van der Waals surface area contributed by atoms with Crippen LogP contribution in [0.25, 0.3) is 0 Å². The summed E-state index contributed by atoms with van der Waals surface area (Å²) in [5.41, 5.74) is 0. The average molecular weight is 448 g/mol. The molecule has 0 radical (unpaired) electrons. The van der Waals surface area contributed by atoms with E-state index in [4.69, 9.17) is 28.4 Å². The largest absolute Gasteiger partial charge is 0.462 e. The van der Waals surface area contributed by atoms with Crippen molar-refractivity contribution in [3.8, 4) is 0 Å². The van der Waals surface area contributed by atoms with Gasteiger partial charge in [-0.25, -0.2) is 4.79 Å². The zero-order valence-electron chi connectivity index (χ0n) is 18.5. The van der Waals surface area contributed by atoms with E-state index in [1.807, 2.05) is 0 Å². The first-order valence-electron chi connectivity index (χ1n) is 9.27. The number of carbonyl (C=O) groups is 6. The molecular formula is C19H28O12. The molecule has 0 aliphatic carbocycles. The zero-order valence-corrected chi connectivity index (χ0v) is 18.5. The molecule has 176 valence electrons. The summed E-state index contributed by atoms with van der Waals surface area (Å²) in [6.45, 7) is 7.52. The topological polar surface area (TPSA) is 158 Å². The number of rotatable bonds is 11. The van der Waals surface area contributed by atoms with Gasteiger partial charge in [-0.3, -0.25) is 24.0 Å². The fourth-order valence-corrected chi connectivity index (χ4v) is 2.37. The Balaban J connectivity index is 6.41. The molecule has 0 aliphatic heterocycles. The van der Waals surface area contributed by atoms with E-state index in [1.165, 1.54) is 13.8 Å². The van der Waals surface area contributed by atoms with Crippen LogP contribution in [0.2, 0.25) is 0 Å². The van der Waals surface area contributed by atoms with E-state index >= 15 is 0 Å². The number of esters is 6. The summed E-state index contributed by atoms with van der Waals surface area (Å²) in [5.74, 6) is -5.51. The molecule has 0 N–H and O–H groups in total. The van der Waals surface area contributed by atoms with Crippen molar-refractivity contribution in [2.45, 2.75) is 79.0 Å². The monoisotopic (exact) mass is 448 g/mol. The Morgan fingerprint density at radius 2 is 1.03 bits per heavy atom. The summed E-state index contributed by atoms with van der Waals surface area (Å²) in [4.78, 5) is 70.5. The van der Waals surface area contributed by atoms with Gasteiger partial charge in [0.1, 0.15) is 6.61 Å². The summed E-state index contributed by atoms with van der Waals surface area (Å²) in [5, 5.41) is 0. The lowest BCUT2D eigenvalue weighted by atomic mass is 10.0. The first kappa shape index (κ1) is 27.8. The average Bonchev–Trinajstić information content (AvgIpc) is 2.58. The van der Waals surface area contributed by atoms with Gasteiger partial charge in [0, 0.05) is 34.6 Å². The summed E-state index contributed by atoms with van der Waals surface area (Å²) >= 11 is 0. The van der Waals surface area contributed by atoms with Gasteiger partial charge in [0.25, 0.3) is 0 Å². The Labute approximate surface area is 179 Å². The van der Waals surface area contributed by atoms with Crippen molar-refractivity contribution in [2.75, 3.05) is 6.61 Å². The zero-order chi connectivity index (χ0) is 24.3. The summed E-state index contributed by atoms with van der Waals surface area (Å²) in [6, 6.07) is 0. The molecule has 0 fully saturated rings. The van der Waals surface area contributed by atoms with Crippen LogP contribution in [-0.4, -0.2) is 72.9 Å². The minimum absolute atomic E-state index is 0.614. The van der Waals surface area contributed by atoms with Crippen molar-refractivity contribution in [3.63, 3.8) is 0 Å². The lowest BCUT2D eigenvalue weighted by Gasteiger charge is -2.34. The highest BCUT2D eigenvalue weighted by Gasteiger charge is 2.47. The van der Waals surface area contributed by atoms with Crippen LogP contribution in [0.3, 0.4) is 0 Å². The van der Waals surface area contributed by atoms with E-state index < -0.39 is 72.9 Å². The van der Waals surface area contributed by atoms with Crippen LogP contribution >= 0.6 is 0 Å². The Bertz CT molecular complexity index is 683. The molecule has 12 nitrogen and oxygen atoms in total. The van der Waals surface area contributed by atoms with Crippen LogP contribution in [-0.2, 0) is 57.2 Å². The SMILES string of the molecule is CC(=O)OC[C@@H](OC(C)=O)[C@H](OC(C)=O)[C@H](OC(C)=O)[C@@H](OC(C)=O)C(=O)OC(C)C. The fourth-order valence-electron chi connectivity index (χ4n) is 2.37. The maximum absolute atomic E-state index is 12.6. The molecule has 0 aromatic heterocycles. The van der Waals surface area contributed by atoms with Crippen molar-refractivity contribution in [2.24, 2.45) is 0 Å². The Morgan fingerprint density at radius 3 is 1.42 bits per heavy atom. The van der Waals surface area contributed by atoms with E-state index in [9.17, 15) is 28.8 Å². The summed E-state index contributed by atoms with van der Waals surface area (Å²) in [6.07, 6.45) is -7.53. The molecular weight excluding hydrogens is 420 g/mol. The maximum Gasteiger partial charge on any atom is 0.351 e. The third-order valence-electron chi connectivity index (χ3n) is 3.24. The van der Waals surface area contributed by atoms with Gasteiger partial charge >= 0.3 is 35.8 Å². The Kier molecular flexibility index (Phi) is 11.8. The molecule has 31 heavy (non-hydrogen) atoms. The van der Waals surface area contributed by atoms with Gasteiger partial charge in [-0.15, -0.1) is 0 Å². The van der Waals surface area contributed by atoms with Crippen molar-refractivity contribution in [1.82, 2.24) is 0 Å². The van der Waals surface area contributed by atoms with Gasteiger partial charge in [0.2, 0.25) is 6.10 Å². The predicted octanol–water partition coefficient (Wildman–Crippen LogP) is 0.228. The molecule has 0 aromatic rings. The van der Waals surface area contributed by atoms with Gasteiger partial charge in [-0.2, -0.15) is 0 Å². The molecule has 12 heteroatoms. The van der Waals surface area contributed by atoms with Gasteiger partial charge in [-0.1, -0.05) is 0 Å². The van der Waals surface area contributed by atoms with Gasteiger partial charge < -0.3 is 28.4 Å². The van der Waals surface area contributed by atoms with Gasteiger partial charge in [0.05, 0.1) is 6.10 Å². The van der Waals surface area contributed by atoms with E-state index in [1.54, 1.807) is 0 Å². The number of ether oxygens (including phenoxy) is 6. The maximum atomic E-state index is 12.6. The molecule has 0 unspecified atom stereocenters. The molecule has 0 aliphatic rings. The summed E-state index contributed by atoms with van der Waals surface area (Å²) in [7, 11) is 0. The molecule has 0 saturated heterocycles. The molecule has 4 atom stereocenters. The van der Waals surface area contributed by atoms with Gasteiger partial charge in [0.15, 0.2) is 18.3 Å². The van der Waals surface area contributed by atoms with Crippen molar-refractivity contribution in [3.05, 3.63) is 0 Å². The summed E-state index contributed by atoms with van der Waals surface area (Å²) < 4.78 is 30.2. The molecule has 0 amide bonds. The van der Waals surface area contributed by atoms with E-state index in [0.717, 1.165) is 34.6 Å². The normalized spacial score (nSPS) is 14.3. The van der Waals surface area contributed by atoms with E-state index in [0.29, 0.717) is 0 Å². The Hall–Kier alpha value is -3.18. The first-order chi connectivity index (χ1) is 14.2. The quantitative estimate of drug-likeness (QED) is 0.313. The molecule has 0 heterocycles. The minimum atomic E-state index is -1.89. The third-order valence-corrected chi connectivity index (χ3v) is 3.24.